The topological polar surface area (TPSA) is 21.3 Å². The molecule has 17 heavy (non-hydrogen) atoms. The van der Waals surface area contributed by atoms with Crippen LogP contribution in [0, 0.1) is 11.6 Å². The molecule has 0 aromatic heterocycles. The standard InChI is InChI=1S/C12H14BrF2NO/c1-2-16-8-5-9(6-8)17-11-4-7(13)3-10(14)12(11)15/h3-4,8-9,16H,2,5-6H2,1H3. The van der Waals surface area contributed by atoms with Gasteiger partial charge in [-0.3, -0.25) is 0 Å². The van der Waals surface area contributed by atoms with Gasteiger partial charge in [0.2, 0.25) is 5.82 Å². The van der Waals surface area contributed by atoms with Gasteiger partial charge in [-0.2, -0.15) is 4.39 Å². The molecule has 1 saturated carbocycles. The Morgan fingerprint density at radius 2 is 2.12 bits per heavy atom. The highest BCUT2D eigenvalue weighted by molar-refractivity contribution is 9.10. The van der Waals surface area contributed by atoms with Gasteiger partial charge in [-0.05, 0) is 31.5 Å². The normalized spacial score (nSPS) is 23.3. The summed E-state index contributed by atoms with van der Waals surface area (Å²) in [6, 6.07) is 2.98. The van der Waals surface area contributed by atoms with Crippen LogP contribution in [0.15, 0.2) is 16.6 Å². The Morgan fingerprint density at radius 1 is 1.41 bits per heavy atom. The summed E-state index contributed by atoms with van der Waals surface area (Å²) in [5.41, 5.74) is 0. The molecule has 0 amide bonds. The predicted octanol–water partition coefficient (Wildman–Crippen LogP) is 3.25. The second-order valence-corrected chi connectivity index (χ2v) is 5.08. The van der Waals surface area contributed by atoms with Crippen molar-refractivity contribution in [2.75, 3.05) is 6.54 Å². The van der Waals surface area contributed by atoms with Crippen LogP contribution in [0.5, 0.6) is 5.75 Å². The molecule has 1 fully saturated rings. The summed E-state index contributed by atoms with van der Waals surface area (Å²) < 4.78 is 32.4. The van der Waals surface area contributed by atoms with Crippen molar-refractivity contribution >= 4 is 15.9 Å². The Kier molecular flexibility index (Phi) is 3.99. The summed E-state index contributed by atoms with van der Waals surface area (Å²) in [6.45, 7) is 2.95. The fraction of sp³-hybridized carbons (Fsp3) is 0.500. The predicted molar refractivity (Wildman–Crippen MR) is 65.2 cm³/mol. The van der Waals surface area contributed by atoms with Crippen molar-refractivity contribution in [3.05, 3.63) is 28.2 Å². The zero-order valence-corrected chi connectivity index (χ0v) is 11.1. The van der Waals surface area contributed by atoms with Gasteiger partial charge in [0.05, 0.1) is 0 Å². The minimum atomic E-state index is -0.917. The summed E-state index contributed by atoms with van der Waals surface area (Å²) in [5, 5.41) is 3.28. The largest absolute Gasteiger partial charge is 0.487 e. The first kappa shape index (κ1) is 12.8. The molecule has 2 rings (SSSR count). The Bertz CT molecular complexity index is 408. The molecule has 1 aliphatic carbocycles. The number of nitrogens with one attached hydrogen (secondary N) is 1. The van der Waals surface area contributed by atoms with Crippen LogP contribution in [0.4, 0.5) is 8.78 Å². The molecule has 0 spiro atoms. The molecule has 1 N–H and O–H groups in total. The molecule has 2 nitrogen and oxygen atoms in total. The summed E-state index contributed by atoms with van der Waals surface area (Å²) >= 11 is 3.11. The SMILES string of the molecule is CCNC1CC(Oc2cc(Br)cc(F)c2F)C1. The fourth-order valence-corrected chi connectivity index (χ4v) is 2.32. The lowest BCUT2D eigenvalue weighted by atomic mass is 9.89. The first-order chi connectivity index (χ1) is 8.10. The van der Waals surface area contributed by atoms with E-state index >= 15 is 0 Å². The lowest BCUT2D eigenvalue weighted by Crippen LogP contribution is -2.46. The Hall–Kier alpha value is -0.680. The maximum atomic E-state index is 13.4. The zero-order valence-electron chi connectivity index (χ0n) is 9.47. The monoisotopic (exact) mass is 305 g/mol. The molecular weight excluding hydrogens is 292 g/mol. The van der Waals surface area contributed by atoms with Crippen molar-refractivity contribution in [3.63, 3.8) is 0 Å². The van der Waals surface area contributed by atoms with Crippen molar-refractivity contribution in [1.29, 1.82) is 0 Å². The van der Waals surface area contributed by atoms with Crippen LogP contribution >= 0.6 is 15.9 Å². The summed E-state index contributed by atoms with van der Waals surface area (Å²) in [5.74, 6) is -1.83. The van der Waals surface area contributed by atoms with E-state index in [1.165, 1.54) is 6.07 Å². The highest BCUT2D eigenvalue weighted by atomic mass is 79.9. The third kappa shape index (κ3) is 2.96. The van der Waals surface area contributed by atoms with Crippen LogP contribution in [0.2, 0.25) is 0 Å². The molecule has 0 saturated heterocycles. The molecule has 0 aliphatic heterocycles. The number of hydrogen-bond donors (Lipinski definition) is 1. The van der Waals surface area contributed by atoms with Gasteiger partial charge in [0, 0.05) is 10.5 Å². The van der Waals surface area contributed by atoms with Crippen molar-refractivity contribution in [3.8, 4) is 5.75 Å². The van der Waals surface area contributed by atoms with Gasteiger partial charge < -0.3 is 10.1 Å². The van der Waals surface area contributed by atoms with Crippen LogP contribution in [-0.4, -0.2) is 18.7 Å². The van der Waals surface area contributed by atoms with Crippen molar-refractivity contribution in [2.24, 2.45) is 0 Å². The molecule has 94 valence electrons. The number of halogens is 3. The van der Waals surface area contributed by atoms with E-state index in [1.807, 2.05) is 6.92 Å². The van der Waals surface area contributed by atoms with Crippen LogP contribution in [0.25, 0.3) is 0 Å². The van der Waals surface area contributed by atoms with Crippen molar-refractivity contribution in [2.45, 2.75) is 31.9 Å². The highest BCUT2D eigenvalue weighted by Crippen LogP contribution is 2.30. The smallest absolute Gasteiger partial charge is 0.200 e. The summed E-state index contributed by atoms with van der Waals surface area (Å²) in [4.78, 5) is 0. The van der Waals surface area contributed by atoms with Gasteiger partial charge in [-0.15, -0.1) is 0 Å². The van der Waals surface area contributed by atoms with E-state index in [2.05, 4.69) is 21.2 Å². The van der Waals surface area contributed by atoms with Gasteiger partial charge in [0.15, 0.2) is 11.6 Å². The lowest BCUT2D eigenvalue weighted by Gasteiger charge is -2.35. The number of benzene rings is 1. The van der Waals surface area contributed by atoms with Gasteiger partial charge >= 0.3 is 0 Å². The zero-order chi connectivity index (χ0) is 12.4. The summed E-state index contributed by atoms with van der Waals surface area (Å²) in [6.07, 6.45) is 1.64. The molecule has 0 atom stereocenters. The van der Waals surface area contributed by atoms with Crippen LogP contribution in [0.1, 0.15) is 19.8 Å². The third-order valence-electron chi connectivity index (χ3n) is 2.84. The fourth-order valence-electron chi connectivity index (χ4n) is 1.91. The maximum Gasteiger partial charge on any atom is 0.200 e. The molecule has 1 aromatic carbocycles. The first-order valence-electron chi connectivity index (χ1n) is 5.64. The molecule has 0 unspecified atom stereocenters. The van der Waals surface area contributed by atoms with E-state index < -0.39 is 11.6 Å². The average Bonchev–Trinajstić information content (AvgIpc) is 2.22. The van der Waals surface area contributed by atoms with Crippen LogP contribution < -0.4 is 10.1 Å². The maximum absolute atomic E-state index is 13.4. The van der Waals surface area contributed by atoms with Gasteiger partial charge in [-0.1, -0.05) is 22.9 Å². The minimum Gasteiger partial charge on any atom is -0.487 e. The van der Waals surface area contributed by atoms with Crippen LogP contribution in [-0.2, 0) is 0 Å². The lowest BCUT2D eigenvalue weighted by molar-refractivity contribution is 0.0810. The molecule has 0 bridgehead atoms. The van der Waals surface area contributed by atoms with Gasteiger partial charge in [0.25, 0.3) is 0 Å². The van der Waals surface area contributed by atoms with E-state index in [-0.39, 0.29) is 11.9 Å². The summed E-state index contributed by atoms with van der Waals surface area (Å²) in [7, 11) is 0. The molecule has 1 aliphatic rings. The van der Waals surface area contributed by atoms with E-state index in [4.69, 9.17) is 4.74 Å². The Labute approximate surface area is 107 Å². The molecule has 0 heterocycles. The van der Waals surface area contributed by atoms with E-state index in [0.717, 1.165) is 25.5 Å². The number of hydrogen-bond acceptors (Lipinski definition) is 2. The number of rotatable bonds is 4. The van der Waals surface area contributed by atoms with E-state index in [0.29, 0.717) is 10.5 Å². The quantitative estimate of drug-likeness (QED) is 0.862. The molecule has 0 radical (unpaired) electrons. The van der Waals surface area contributed by atoms with Crippen molar-refractivity contribution < 1.29 is 13.5 Å². The Morgan fingerprint density at radius 3 is 2.76 bits per heavy atom. The number of ether oxygens (including phenoxy) is 1. The second kappa shape index (κ2) is 5.31. The average molecular weight is 306 g/mol. The van der Waals surface area contributed by atoms with Gasteiger partial charge in [0.1, 0.15) is 6.10 Å². The second-order valence-electron chi connectivity index (χ2n) is 4.17. The molecule has 1 aromatic rings. The first-order valence-corrected chi connectivity index (χ1v) is 6.44. The third-order valence-corrected chi connectivity index (χ3v) is 3.30. The minimum absolute atomic E-state index is 0.0168. The Balaban J connectivity index is 1.96. The van der Waals surface area contributed by atoms with E-state index in [9.17, 15) is 8.78 Å². The van der Waals surface area contributed by atoms with Crippen LogP contribution in [0.3, 0.4) is 0 Å². The van der Waals surface area contributed by atoms with Gasteiger partial charge in [-0.25, -0.2) is 4.39 Å². The van der Waals surface area contributed by atoms with Crippen molar-refractivity contribution in [1.82, 2.24) is 5.32 Å². The molecular formula is C12H14BrF2NO. The molecule has 5 heteroatoms. The van der Waals surface area contributed by atoms with E-state index in [1.54, 1.807) is 0 Å². The highest BCUT2D eigenvalue weighted by Gasteiger charge is 2.31.